The minimum atomic E-state index is -0.294. The predicted molar refractivity (Wildman–Crippen MR) is 184 cm³/mol. The largest absolute Gasteiger partial charge is 0.319 e. The highest BCUT2D eigenvalue weighted by Crippen LogP contribution is 2.37. The molecule has 3 aliphatic heterocycles. The molecule has 2 saturated heterocycles. The quantitative estimate of drug-likeness (QED) is 0.313. The molecule has 4 heterocycles. The van der Waals surface area contributed by atoms with Gasteiger partial charge in [-0.2, -0.15) is 0 Å². The Labute approximate surface area is 275 Å². The zero-order chi connectivity index (χ0) is 32.6. The lowest BCUT2D eigenvalue weighted by Gasteiger charge is -2.39. The van der Waals surface area contributed by atoms with Gasteiger partial charge in [-0.1, -0.05) is 52.7 Å². The van der Waals surface area contributed by atoms with E-state index in [1.807, 2.05) is 6.07 Å². The first-order valence-corrected chi connectivity index (χ1v) is 17.6. The fourth-order valence-electron chi connectivity index (χ4n) is 7.31. The SMILES string of the molecule is CCN(CC)CC1CCCCN1CC(=O)c1ccc2c(n1)N(C(=O)CN1CCCCC1CN(CC)CC)c1ccccc1C(=O)N2. The average Bonchev–Trinajstić information content (AvgIpc) is 3.20. The van der Waals surface area contributed by atoms with E-state index in [4.69, 9.17) is 4.98 Å². The van der Waals surface area contributed by atoms with Crippen LogP contribution in [0.3, 0.4) is 0 Å². The van der Waals surface area contributed by atoms with Crippen molar-refractivity contribution in [1.29, 1.82) is 0 Å². The first-order chi connectivity index (χ1) is 22.4. The maximum atomic E-state index is 14.4. The molecule has 3 aliphatic rings. The minimum absolute atomic E-state index is 0.0687. The number of amides is 2. The van der Waals surface area contributed by atoms with Crippen molar-refractivity contribution in [2.24, 2.45) is 0 Å². The van der Waals surface area contributed by atoms with E-state index in [0.29, 0.717) is 34.5 Å². The van der Waals surface area contributed by atoms with Crippen LogP contribution >= 0.6 is 0 Å². The van der Waals surface area contributed by atoms with Crippen molar-refractivity contribution in [3.63, 3.8) is 0 Å². The molecule has 0 radical (unpaired) electrons. The molecule has 0 bridgehead atoms. The van der Waals surface area contributed by atoms with Crippen LogP contribution in [-0.4, -0.2) is 120 Å². The summed E-state index contributed by atoms with van der Waals surface area (Å²) in [6.45, 7) is 16.8. The van der Waals surface area contributed by atoms with Gasteiger partial charge in [0.25, 0.3) is 5.91 Å². The van der Waals surface area contributed by atoms with Crippen LogP contribution in [0.5, 0.6) is 0 Å². The number of likely N-dealkylation sites (N-methyl/N-ethyl adjacent to an activating group) is 2. The van der Waals surface area contributed by atoms with Gasteiger partial charge in [0.2, 0.25) is 5.91 Å². The van der Waals surface area contributed by atoms with Gasteiger partial charge in [-0.25, -0.2) is 4.98 Å². The molecule has 1 N–H and O–H groups in total. The summed E-state index contributed by atoms with van der Waals surface area (Å²) in [6.07, 6.45) is 6.60. The van der Waals surface area contributed by atoms with Gasteiger partial charge in [0.15, 0.2) is 11.6 Å². The number of Topliss-reactive ketones (excluding diaryl/α,β-unsaturated/α-hetero) is 1. The number of para-hydroxylation sites is 1. The number of hydrogen-bond acceptors (Lipinski definition) is 8. The van der Waals surface area contributed by atoms with Gasteiger partial charge in [-0.3, -0.25) is 29.1 Å². The lowest BCUT2D eigenvalue weighted by molar-refractivity contribution is -0.120. The highest BCUT2D eigenvalue weighted by atomic mass is 16.2. The molecule has 250 valence electrons. The third-order valence-electron chi connectivity index (χ3n) is 10.2. The zero-order valence-electron chi connectivity index (χ0n) is 28.3. The normalized spacial score (nSPS) is 20.7. The summed E-state index contributed by atoms with van der Waals surface area (Å²) >= 11 is 0. The molecule has 0 saturated carbocycles. The average molecular weight is 632 g/mol. The van der Waals surface area contributed by atoms with Crippen molar-refractivity contribution >= 4 is 34.8 Å². The van der Waals surface area contributed by atoms with Crippen molar-refractivity contribution in [2.45, 2.75) is 78.3 Å². The van der Waals surface area contributed by atoms with E-state index in [1.165, 1.54) is 6.42 Å². The lowest BCUT2D eigenvalue weighted by Crippen LogP contribution is -2.50. The maximum absolute atomic E-state index is 14.4. The minimum Gasteiger partial charge on any atom is -0.319 e. The first-order valence-electron chi connectivity index (χ1n) is 17.6. The standard InChI is InChI=1S/C36H53N7O3/c1-5-39(6-2)23-27-15-11-13-21-41(27)25-33(44)30-19-20-31-35(37-30)43(32-18-10-9-17-29(32)36(46)38-31)34(45)26-42-22-14-12-16-28(42)24-40(7-3)8-4/h9-10,17-20,27-28H,5-8,11-16,21-26H2,1-4H3,(H,38,46). The second-order valence-corrected chi connectivity index (χ2v) is 12.9. The van der Waals surface area contributed by atoms with Crippen LogP contribution in [0.2, 0.25) is 0 Å². The van der Waals surface area contributed by atoms with E-state index in [0.717, 1.165) is 84.5 Å². The highest BCUT2D eigenvalue weighted by molar-refractivity contribution is 6.17. The number of carbonyl (C=O) groups is 3. The van der Waals surface area contributed by atoms with Crippen LogP contribution < -0.4 is 10.2 Å². The molecule has 10 heteroatoms. The van der Waals surface area contributed by atoms with Crippen LogP contribution in [0.25, 0.3) is 0 Å². The third-order valence-corrected chi connectivity index (χ3v) is 10.2. The van der Waals surface area contributed by atoms with Crippen LogP contribution in [0, 0.1) is 0 Å². The van der Waals surface area contributed by atoms with E-state index in [9.17, 15) is 14.4 Å². The Morgan fingerprint density at radius 2 is 1.39 bits per heavy atom. The molecule has 1 aromatic carbocycles. The molecule has 2 aromatic rings. The van der Waals surface area contributed by atoms with Gasteiger partial charge in [0, 0.05) is 25.2 Å². The Morgan fingerprint density at radius 3 is 2.00 bits per heavy atom. The number of carbonyl (C=O) groups excluding carboxylic acids is 3. The zero-order valence-corrected chi connectivity index (χ0v) is 28.3. The second-order valence-electron chi connectivity index (χ2n) is 12.9. The summed E-state index contributed by atoms with van der Waals surface area (Å²) in [6, 6.07) is 11.2. The summed E-state index contributed by atoms with van der Waals surface area (Å²) in [7, 11) is 0. The highest BCUT2D eigenvalue weighted by Gasteiger charge is 2.34. The predicted octanol–water partition coefficient (Wildman–Crippen LogP) is 4.89. The van der Waals surface area contributed by atoms with Crippen LogP contribution in [0.1, 0.15) is 87.1 Å². The Kier molecular flexibility index (Phi) is 11.9. The van der Waals surface area contributed by atoms with Gasteiger partial charge < -0.3 is 15.1 Å². The van der Waals surface area contributed by atoms with Crippen molar-refractivity contribution < 1.29 is 14.4 Å². The summed E-state index contributed by atoms with van der Waals surface area (Å²) in [5, 5.41) is 2.96. The number of benzene rings is 1. The number of anilines is 3. The number of hydrogen-bond donors (Lipinski definition) is 1. The number of ketones is 1. The fourth-order valence-corrected chi connectivity index (χ4v) is 7.31. The molecule has 2 amide bonds. The molecule has 5 rings (SSSR count). The molecular formula is C36H53N7O3. The molecule has 0 aliphatic carbocycles. The Hall–Kier alpha value is -3.18. The number of nitrogens with one attached hydrogen (secondary N) is 1. The summed E-state index contributed by atoms with van der Waals surface area (Å²) in [5.41, 5.74) is 1.65. The van der Waals surface area contributed by atoms with Crippen LogP contribution in [-0.2, 0) is 4.79 Å². The smallest absolute Gasteiger partial charge is 0.257 e. The Balaban J connectivity index is 1.43. The van der Waals surface area contributed by atoms with Gasteiger partial charge in [-0.05, 0) is 89.2 Å². The molecule has 10 nitrogen and oxygen atoms in total. The van der Waals surface area contributed by atoms with Crippen molar-refractivity contribution in [3.8, 4) is 0 Å². The Morgan fingerprint density at radius 1 is 0.804 bits per heavy atom. The fraction of sp³-hybridized carbons (Fsp3) is 0.611. The van der Waals surface area contributed by atoms with E-state index in [2.05, 4.69) is 52.6 Å². The molecule has 46 heavy (non-hydrogen) atoms. The number of pyridine rings is 1. The van der Waals surface area contributed by atoms with Gasteiger partial charge >= 0.3 is 0 Å². The second kappa shape index (κ2) is 16.1. The van der Waals surface area contributed by atoms with Crippen molar-refractivity contribution in [3.05, 3.63) is 47.7 Å². The molecule has 2 atom stereocenters. The van der Waals surface area contributed by atoms with E-state index >= 15 is 0 Å². The molecule has 2 unspecified atom stereocenters. The number of piperidine rings is 2. The number of rotatable bonds is 13. The van der Waals surface area contributed by atoms with Crippen LogP contribution in [0.15, 0.2) is 36.4 Å². The number of aromatic nitrogens is 1. The molecule has 0 spiro atoms. The van der Waals surface area contributed by atoms with Crippen molar-refractivity contribution in [2.75, 3.05) is 75.7 Å². The monoisotopic (exact) mass is 631 g/mol. The van der Waals surface area contributed by atoms with E-state index in [-0.39, 0.29) is 36.7 Å². The third kappa shape index (κ3) is 7.85. The van der Waals surface area contributed by atoms with E-state index in [1.54, 1.807) is 35.2 Å². The Bertz CT molecular complexity index is 1360. The first kappa shape index (κ1) is 34.2. The molecule has 2 fully saturated rings. The van der Waals surface area contributed by atoms with E-state index < -0.39 is 0 Å². The molecular weight excluding hydrogens is 578 g/mol. The number of fused-ring (bicyclic) bond motifs is 2. The maximum Gasteiger partial charge on any atom is 0.257 e. The van der Waals surface area contributed by atoms with Crippen molar-refractivity contribution in [1.82, 2.24) is 24.6 Å². The lowest BCUT2D eigenvalue weighted by atomic mass is 10.0. The van der Waals surface area contributed by atoms with Gasteiger partial charge in [0.1, 0.15) is 5.69 Å². The summed E-state index contributed by atoms with van der Waals surface area (Å²) < 4.78 is 0. The van der Waals surface area contributed by atoms with Gasteiger partial charge in [-0.15, -0.1) is 0 Å². The number of likely N-dealkylation sites (tertiary alicyclic amines) is 2. The topological polar surface area (TPSA) is 92.3 Å². The van der Waals surface area contributed by atoms with Gasteiger partial charge in [0.05, 0.1) is 30.0 Å². The summed E-state index contributed by atoms with van der Waals surface area (Å²) in [4.78, 5) is 57.5. The summed E-state index contributed by atoms with van der Waals surface area (Å²) in [5.74, 6) is -0.201. The van der Waals surface area contributed by atoms with Crippen LogP contribution in [0.4, 0.5) is 17.2 Å². The number of nitrogens with zero attached hydrogens (tertiary/aromatic N) is 6. The molecule has 1 aromatic heterocycles.